The molecule has 0 saturated carbocycles. The Balaban J connectivity index is 1.53. The van der Waals surface area contributed by atoms with Crippen LogP contribution in [-0.2, 0) is 16.1 Å². The lowest BCUT2D eigenvalue weighted by Crippen LogP contribution is -2.14. The van der Waals surface area contributed by atoms with Crippen LogP contribution in [0.1, 0.15) is 5.69 Å². The molecule has 5 nitrogen and oxygen atoms in total. The van der Waals surface area contributed by atoms with E-state index in [1.165, 1.54) is 11.3 Å². The number of methoxy groups -OCH3 is 1. The van der Waals surface area contributed by atoms with E-state index in [9.17, 15) is 4.79 Å². The van der Waals surface area contributed by atoms with E-state index in [4.69, 9.17) is 25.8 Å². The van der Waals surface area contributed by atoms with Crippen LogP contribution in [0.3, 0.4) is 0 Å². The van der Waals surface area contributed by atoms with Gasteiger partial charge in [0.1, 0.15) is 23.1 Å². The molecule has 26 heavy (non-hydrogen) atoms. The SMILES string of the molecule is COc1ccccc1-c1nc(COC(=O)COc2ccc(Cl)cc2)cs1. The first kappa shape index (κ1) is 18.2. The van der Waals surface area contributed by atoms with Gasteiger partial charge in [-0.1, -0.05) is 23.7 Å². The Bertz CT molecular complexity index is 879. The van der Waals surface area contributed by atoms with Crippen LogP contribution in [0.5, 0.6) is 11.5 Å². The molecular formula is C19H16ClNO4S. The second-order valence-corrected chi connectivity index (χ2v) is 6.54. The molecule has 0 aliphatic rings. The highest BCUT2D eigenvalue weighted by Crippen LogP contribution is 2.31. The number of rotatable bonds is 7. The molecule has 134 valence electrons. The fourth-order valence-electron chi connectivity index (χ4n) is 2.19. The summed E-state index contributed by atoms with van der Waals surface area (Å²) in [6, 6.07) is 14.4. The third-order valence-electron chi connectivity index (χ3n) is 3.44. The summed E-state index contributed by atoms with van der Waals surface area (Å²) in [4.78, 5) is 16.3. The van der Waals surface area contributed by atoms with E-state index >= 15 is 0 Å². The molecule has 0 unspecified atom stereocenters. The first-order valence-electron chi connectivity index (χ1n) is 7.77. The zero-order valence-electron chi connectivity index (χ0n) is 14.0. The van der Waals surface area contributed by atoms with Crippen molar-refractivity contribution in [2.75, 3.05) is 13.7 Å². The van der Waals surface area contributed by atoms with Gasteiger partial charge in [-0.15, -0.1) is 11.3 Å². The minimum absolute atomic E-state index is 0.0917. The Kier molecular flexibility index (Phi) is 6.09. The first-order chi connectivity index (χ1) is 12.7. The zero-order valence-corrected chi connectivity index (χ0v) is 15.5. The predicted molar refractivity (Wildman–Crippen MR) is 101 cm³/mol. The van der Waals surface area contributed by atoms with Crippen molar-refractivity contribution in [3.63, 3.8) is 0 Å². The van der Waals surface area contributed by atoms with Crippen molar-refractivity contribution < 1.29 is 19.0 Å². The van der Waals surface area contributed by atoms with E-state index in [2.05, 4.69) is 4.98 Å². The van der Waals surface area contributed by atoms with Gasteiger partial charge in [0.25, 0.3) is 0 Å². The number of thiazole rings is 1. The molecule has 0 aliphatic carbocycles. The van der Waals surface area contributed by atoms with Crippen LogP contribution < -0.4 is 9.47 Å². The highest BCUT2D eigenvalue weighted by Gasteiger charge is 2.11. The molecule has 0 amide bonds. The van der Waals surface area contributed by atoms with E-state index in [0.29, 0.717) is 16.5 Å². The number of carbonyl (C=O) groups is 1. The molecule has 2 aromatic carbocycles. The Labute approximate surface area is 160 Å². The van der Waals surface area contributed by atoms with Crippen LogP contribution in [0, 0.1) is 0 Å². The van der Waals surface area contributed by atoms with Gasteiger partial charge in [-0.2, -0.15) is 0 Å². The molecule has 0 radical (unpaired) electrons. The summed E-state index contributed by atoms with van der Waals surface area (Å²) in [5.41, 5.74) is 1.58. The maximum Gasteiger partial charge on any atom is 0.344 e. The van der Waals surface area contributed by atoms with Crippen LogP contribution in [-0.4, -0.2) is 24.7 Å². The summed E-state index contributed by atoms with van der Waals surface area (Å²) in [5, 5.41) is 3.27. The smallest absolute Gasteiger partial charge is 0.344 e. The van der Waals surface area contributed by atoms with E-state index in [0.717, 1.165) is 16.3 Å². The highest BCUT2D eigenvalue weighted by molar-refractivity contribution is 7.13. The summed E-state index contributed by atoms with van der Waals surface area (Å²) in [7, 11) is 1.62. The van der Waals surface area contributed by atoms with E-state index < -0.39 is 5.97 Å². The lowest BCUT2D eigenvalue weighted by Gasteiger charge is -2.06. The zero-order chi connectivity index (χ0) is 18.4. The summed E-state index contributed by atoms with van der Waals surface area (Å²) in [6.07, 6.45) is 0. The standard InChI is InChI=1S/C19H16ClNO4S/c1-23-17-5-3-2-4-16(17)19-21-14(12-26-19)10-25-18(22)11-24-15-8-6-13(20)7-9-15/h2-9,12H,10-11H2,1H3. The number of benzene rings is 2. The molecule has 1 heterocycles. The molecule has 0 aliphatic heterocycles. The van der Waals surface area contributed by atoms with Crippen molar-refractivity contribution in [3.05, 3.63) is 64.6 Å². The number of para-hydroxylation sites is 1. The third kappa shape index (κ3) is 4.74. The second kappa shape index (κ2) is 8.69. The van der Waals surface area contributed by atoms with Crippen molar-refractivity contribution in [1.82, 2.24) is 4.98 Å². The molecule has 3 rings (SSSR count). The van der Waals surface area contributed by atoms with E-state index in [1.807, 2.05) is 29.6 Å². The lowest BCUT2D eigenvalue weighted by atomic mass is 10.2. The fraction of sp³-hybridized carbons (Fsp3) is 0.158. The number of nitrogens with zero attached hydrogens (tertiary/aromatic N) is 1. The molecule has 7 heteroatoms. The van der Waals surface area contributed by atoms with Crippen molar-refractivity contribution in [3.8, 4) is 22.1 Å². The van der Waals surface area contributed by atoms with Crippen molar-refractivity contribution in [2.24, 2.45) is 0 Å². The molecular weight excluding hydrogens is 374 g/mol. The van der Waals surface area contributed by atoms with Gasteiger partial charge in [0.2, 0.25) is 0 Å². The van der Waals surface area contributed by atoms with E-state index in [-0.39, 0.29) is 13.2 Å². The van der Waals surface area contributed by atoms with Crippen LogP contribution in [0.15, 0.2) is 53.9 Å². The number of esters is 1. The summed E-state index contributed by atoms with van der Waals surface area (Å²) >= 11 is 7.27. The van der Waals surface area contributed by atoms with Gasteiger partial charge in [-0.05, 0) is 36.4 Å². The molecule has 0 N–H and O–H groups in total. The fourth-order valence-corrected chi connectivity index (χ4v) is 3.15. The largest absolute Gasteiger partial charge is 0.496 e. The minimum Gasteiger partial charge on any atom is -0.496 e. The Morgan fingerprint density at radius 3 is 2.69 bits per heavy atom. The van der Waals surface area contributed by atoms with Gasteiger partial charge in [-0.25, -0.2) is 9.78 Å². The average Bonchev–Trinajstić information content (AvgIpc) is 3.14. The van der Waals surface area contributed by atoms with Gasteiger partial charge in [-0.3, -0.25) is 0 Å². The quantitative estimate of drug-likeness (QED) is 0.553. The van der Waals surface area contributed by atoms with Gasteiger partial charge in [0.15, 0.2) is 6.61 Å². The average molecular weight is 390 g/mol. The Hall–Kier alpha value is -2.57. The lowest BCUT2D eigenvalue weighted by molar-refractivity contribution is -0.147. The number of hydrogen-bond donors (Lipinski definition) is 0. The molecule has 1 aromatic heterocycles. The number of aromatic nitrogens is 1. The van der Waals surface area contributed by atoms with Gasteiger partial charge in [0, 0.05) is 10.4 Å². The summed E-state index contributed by atoms with van der Waals surface area (Å²) in [5.74, 6) is 0.840. The monoisotopic (exact) mass is 389 g/mol. The van der Waals surface area contributed by atoms with Crippen molar-refractivity contribution in [1.29, 1.82) is 0 Å². The van der Waals surface area contributed by atoms with Crippen LogP contribution in [0.25, 0.3) is 10.6 Å². The highest BCUT2D eigenvalue weighted by atomic mass is 35.5. The van der Waals surface area contributed by atoms with Gasteiger partial charge >= 0.3 is 5.97 Å². The maximum atomic E-state index is 11.8. The third-order valence-corrected chi connectivity index (χ3v) is 4.62. The predicted octanol–water partition coefficient (Wildman–Crippen LogP) is 4.59. The molecule has 0 fully saturated rings. The molecule has 0 saturated heterocycles. The first-order valence-corrected chi connectivity index (χ1v) is 9.03. The summed E-state index contributed by atoms with van der Waals surface area (Å²) < 4.78 is 15.9. The molecule has 0 spiro atoms. The number of halogens is 1. The van der Waals surface area contributed by atoms with E-state index in [1.54, 1.807) is 31.4 Å². The maximum absolute atomic E-state index is 11.8. The van der Waals surface area contributed by atoms with Crippen LogP contribution >= 0.6 is 22.9 Å². The normalized spacial score (nSPS) is 10.4. The van der Waals surface area contributed by atoms with Crippen molar-refractivity contribution >= 4 is 28.9 Å². The Morgan fingerprint density at radius 1 is 1.15 bits per heavy atom. The van der Waals surface area contributed by atoms with Crippen LogP contribution in [0.2, 0.25) is 5.02 Å². The van der Waals surface area contributed by atoms with Crippen LogP contribution in [0.4, 0.5) is 0 Å². The molecule has 3 aromatic rings. The number of hydrogen-bond acceptors (Lipinski definition) is 6. The Morgan fingerprint density at radius 2 is 1.92 bits per heavy atom. The topological polar surface area (TPSA) is 57.7 Å². The number of carbonyl (C=O) groups excluding carboxylic acids is 1. The summed E-state index contributed by atoms with van der Waals surface area (Å²) in [6.45, 7) is -0.0837. The minimum atomic E-state index is -0.466. The van der Waals surface area contributed by atoms with Gasteiger partial charge < -0.3 is 14.2 Å². The molecule has 0 bridgehead atoms. The van der Waals surface area contributed by atoms with Crippen molar-refractivity contribution in [2.45, 2.75) is 6.61 Å². The molecule has 0 atom stereocenters. The van der Waals surface area contributed by atoms with Gasteiger partial charge in [0.05, 0.1) is 18.4 Å². The number of ether oxygens (including phenoxy) is 3. The second-order valence-electron chi connectivity index (χ2n) is 5.25.